The highest BCUT2D eigenvalue weighted by Crippen LogP contribution is 2.31. The molecular formula is C36H40ClN3O4S. The molecule has 4 aromatic rings. The first kappa shape index (κ1) is 33.7. The Hall–Kier alpha value is -4.14. The number of nitrogens with zero attached hydrogens (tertiary/aromatic N) is 2. The van der Waals surface area contributed by atoms with Gasteiger partial charge in [-0.3, -0.25) is 13.9 Å². The zero-order valence-electron chi connectivity index (χ0n) is 26.1. The van der Waals surface area contributed by atoms with Crippen molar-refractivity contribution in [2.75, 3.05) is 17.4 Å². The number of carbonyl (C=O) groups excluding carboxylic acids is 2. The second kappa shape index (κ2) is 15.2. The topological polar surface area (TPSA) is 86.8 Å². The van der Waals surface area contributed by atoms with Gasteiger partial charge >= 0.3 is 0 Å². The van der Waals surface area contributed by atoms with Crippen LogP contribution in [0.25, 0.3) is 0 Å². The lowest BCUT2D eigenvalue weighted by molar-refractivity contribution is -0.140. The van der Waals surface area contributed by atoms with Crippen LogP contribution in [0.15, 0.2) is 108 Å². The van der Waals surface area contributed by atoms with Crippen molar-refractivity contribution < 1.29 is 18.0 Å². The number of anilines is 1. The van der Waals surface area contributed by atoms with E-state index in [1.807, 2.05) is 75.4 Å². The highest BCUT2D eigenvalue weighted by atomic mass is 35.5. The highest BCUT2D eigenvalue weighted by molar-refractivity contribution is 7.92. The van der Waals surface area contributed by atoms with Crippen molar-refractivity contribution in [2.24, 2.45) is 5.92 Å². The van der Waals surface area contributed by atoms with Crippen molar-refractivity contribution in [1.29, 1.82) is 0 Å². The first-order valence-electron chi connectivity index (χ1n) is 15.0. The molecule has 0 saturated heterocycles. The van der Waals surface area contributed by atoms with E-state index < -0.39 is 28.5 Å². The smallest absolute Gasteiger partial charge is 0.264 e. The van der Waals surface area contributed by atoms with Gasteiger partial charge in [-0.05, 0) is 60.7 Å². The maximum absolute atomic E-state index is 14.6. The number of nitrogens with one attached hydrogen (secondary N) is 1. The average Bonchev–Trinajstić information content (AvgIpc) is 3.03. The lowest BCUT2D eigenvalue weighted by atomic mass is 10.0. The third-order valence-corrected chi connectivity index (χ3v) is 9.73. The fourth-order valence-electron chi connectivity index (χ4n) is 4.97. The van der Waals surface area contributed by atoms with E-state index in [1.54, 1.807) is 43.3 Å². The number of hydrogen-bond donors (Lipinski definition) is 1. The van der Waals surface area contributed by atoms with Crippen molar-refractivity contribution in [1.82, 2.24) is 10.2 Å². The van der Waals surface area contributed by atoms with E-state index in [-0.39, 0.29) is 29.7 Å². The van der Waals surface area contributed by atoms with Crippen LogP contribution in [0.2, 0.25) is 5.02 Å². The Bertz CT molecular complexity index is 1700. The number of halogens is 1. The zero-order valence-corrected chi connectivity index (χ0v) is 27.7. The van der Waals surface area contributed by atoms with Crippen LogP contribution in [0, 0.1) is 19.8 Å². The van der Waals surface area contributed by atoms with Gasteiger partial charge in [-0.1, -0.05) is 110 Å². The predicted octanol–water partition coefficient (Wildman–Crippen LogP) is 6.56. The molecule has 4 aromatic carbocycles. The molecule has 236 valence electrons. The summed E-state index contributed by atoms with van der Waals surface area (Å²) >= 11 is 6.45. The first-order valence-corrected chi connectivity index (χ1v) is 16.8. The van der Waals surface area contributed by atoms with Gasteiger partial charge < -0.3 is 10.2 Å². The molecule has 0 aliphatic rings. The van der Waals surface area contributed by atoms with Gasteiger partial charge in [0.15, 0.2) is 0 Å². The fraction of sp³-hybridized carbons (Fsp3) is 0.278. The Labute approximate surface area is 271 Å². The van der Waals surface area contributed by atoms with Crippen LogP contribution in [-0.4, -0.2) is 44.3 Å². The molecule has 1 N–H and O–H groups in total. The average molecular weight is 646 g/mol. The molecule has 45 heavy (non-hydrogen) atoms. The summed E-state index contributed by atoms with van der Waals surface area (Å²) in [6.07, 6.45) is 0.254. The minimum absolute atomic E-state index is 0.0396. The van der Waals surface area contributed by atoms with E-state index in [4.69, 9.17) is 11.6 Å². The van der Waals surface area contributed by atoms with E-state index in [0.29, 0.717) is 22.8 Å². The van der Waals surface area contributed by atoms with E-state index in [1.165, 1.54) is 17.0 Å². The van der Waals surface area contributed by atoms with E-state index in [0.717, 1.165) is 21.0 Å². The second-order valence-electron chi connectivity index (χ2n) is 11.6. The summed E-state index contributed by atoms with van der Waals surface area (Å²) in [5.74, 6) is -0.621. The van der Waals surface area contributed by atoms with Gasteiger partial charge in [-0.25, -0.2) is 8.42 Å². The lowest BCUT2D eigenvalue weighted by Crippen LogP contribution is -2.53. The van der Waals surface area contributed by atoms with Gasteiger partial charge in [0.05, 0.1) is 10.6 Å². The Morgan fingerprint density at radius 1 is 0.800 bits per heavy atom. The minimum atomic E-state index is -4.20. The molecule has 0 radical (unpaired) electrons. The Morgan fingerprint density at radius 2 is 1.42 bits per heavy atom. The van der Waals surface area contributed by atoms with E-state index in [9.17, 15) is 18.0 Å². The molecule has 0 aliphatic carbocycles. The number of rotatable bonds is 13. The summed E-state index contributed by atoms with van der Waals surface area (Å²) in [4.78, 5) is 30.0. The van der Waals surface area contributed by atoms with Gasteiger partial charge in [0.2, 0.25) is 11.8 Å². The number of carbonyl (C=O) groups is 2. The SMILES string of the molecule is Cc1ccc(CN(C(=O)CN(c2cccc(Cl)c2C)S(=O)(=O)c2ccccc2)C(Cc2ccccc2)C(=O)NCC(C)C)cc1. The number of amides is 2. The summed E-state index contributed by atoms with van der Waals surface area (Å²) in [6, 6.07) is 29.3. The molecule has 7 nitrogen and oxygen atoms in total. The van der Waals surface area contributed by atoms with Crippen molar-refractivity contribution in [3.8, 4) is 0 Å². The minimum Gasteiger partial charge on any atom is -0.354 e. The van der Waals surface area contributed by atoms with Gasteiger partial charge in [-0.15, -0.1) is 0 Å². The molecule has 4 rings (SSSR count). The summed E-state index contributed by atoms with van der Waals surface area (Å²) in [5.41, 5.74) is 3.57. The van der Waals surface area contributed by atoms with Gasteiger partial charge in [0, 0.05) is 24.5 Å². The fourth-order valence-corrected chi connectivity index (χ4v) is 6.63. The molecular weight excluding hydrogens is 606 g/mol. The van der Waals surface area contributed by atoms with Crippen LogP contribution in [0.4, 0.5) is 5.69 Å². The first-order chi connectivity index (χ1) is 21.5. The largest absolute Gasteiger partial charge is 0.354 e. The van der Waals surface area contributed by atoms with Gasteiger partial charge in [0.1, 0.15) is 12.6 Å². The maximum atomic E-state index is 14.6. The Kier molecular flexibility index (Phi) is 11.4. The van der Waals surface area contributed by atoms with Crippen LogP contribution in [0.3, 0.4) is 0 Å². The summed E-state index contributed by atoms with van der Waals surface area (Å²) < 4.78 is 29.4. The van der Waals surface area contributed by atoms with E-state index in [2.05, 4.69) is 5.32 Å². The Morgan fingerprint density at radius 3 is 2.04 bits per heavy atom. The number of sulfonamides is 1. The van der Waals surface area contributed by atoms with E-state index >= 15 is 0 Å². The highest BCUT2D eigenvalue weighted by Gasteiger charge is 2.35. The maximum Gasteiger partial charge on any atom is 0.264 e. The van der Waals surface area contributed by atoms with Crippen molar-refractivity contribution in [2.45, 2.75) is 51.6 Å². The van der Waals surface area contributed by atoms with Crippen LogP contribution >= 0.6 is 11.6 Å². The molecule has 0 aliphatic heterocycles. The third kappa shape index (κ3) is 8.74. The zero-order chi connectivity index (χ0) is 32.6. The molecule has 0 spiro atoms. The Balaban J connectivity index is 1.82. The lowest BCUT2D eigenvalue weighted by Gasteiger charge is -2.34. The molecule has 2 amide bonds. The summed E-state index contributed by atoms with van der Waals surface area (Å²) in [5, 5.41) is 3.38. The van der Waals surface area contributed by atoms with Crippen LogP contribution in [0.5, 0.6) is 0 Å². The van der Waals surface area contributed by atoms with Crippen LogP contribution in [-0.2, 0) is 32.6 Å². The third-order valence-electron chi connectivity index (χ3n) is 7.55. The monoisotopic (exact) mass is 645 g/mol. The number of aryl methyl sites for hydroxylation is 1. The van der Waals surface area contributed by atoms with Crippen LogP contribution < -0.4 is 9.62 Å². The van der Waals surface area contributed by atoms with Crippen LogP contribution in [0.1, 0.15) is 36.1 Å². The molecule has 0 bridgehead atoms. The molecule has 0 fully saturated rings. The number of benzene rings is 4. The molecule has 0 aromatic heterocycles. The molecule has 1 unspecified atom stereocenters. The normalized spacial score (nSPS) is 12.0. The second-order valence-corrected chi connectivity index (χ2v) is 13.8. The quantitative estimate of drug-likeness (QED) is 0.178. The van der Waals surface area contributed by atoms with Crippen molar-refractivity contribution >= 4 is 39.1 Å². The number of hydrogen-bond acceptors (Lipinski definition) is 4. The summed E-state index contributed by atoms with van der Waals surface area (Å²) in [7, 11) is -4.20. The molecule has 9 heteroatoms. The predicted molar refractivity (Wildman–Crippen MR) is 181 cm³/mol. The molecule has 1 atom stereocenters. The standard InChI is InChI=1S/C36H40ClN3O4S/c1-26(2)23-38-36(42)34(22-29-12-7-5-8-13-29)39(24-30-20-18-27(3)19-21-30)35(41)25-40(33-17-11-16-32(37)28(33)4)45(43,44)31-14-9-6-10-15-31/h5-21,26,34H,22-25H2,1-4H3,(H,38,42). The molecule has 0 saturated carbocycles. The molecule has 0 heterocycles. The summed E-state index contributed by atoms with van der Waals surface area (Å²) in [6.45, 7) is 7.71. The van der Waals surface area contributed by atoms with Gasteiger partial charge in [-0.2, -0.15) is 0 Å². The van der Waals surface area contributed by atoms with Gasteiger partial charge in [0.25, 0.3) is 10.0 Å². The van der Waals surface area contributed by atoms with Crippen molar-refractivity contribution in [3.05, 3.63) is 130 Å². The van der Waals surface area contributed by atoms with Crippen molar-refractivity contribution in [3.63, 3.8) is 0 Å².